The van der Waals surface area contributed by atoms with Crippen molar-refractivity contribution in [3.8, 4) is 0 Å². The average Bonchev–Trinajstić information content (AvgIpc) is 2.37. The second-order valence-electron chi connectivity index (χ2n) is 5.25. The first-order chi connectivity index (χ1) is 8.95. The lowest BCUT2D eigenvalue weighted by Gasteiger charge is -2.34. The Balaban J connectivity index is 2.40. The molecule has 1 fully saturated rings. The Morgan fingerprint density at radius 2 is 2.05 bits per heavy atom. The summed E-state index contributed by atoms with van der Waals surface area (Å²) < 4.78 is 27.1. The Labute approximate surface area is 115 Å². The normalized spacial score (nSPS) is 21.5. The van der Waals surface area contributed by atoms with Crippen molar-refractivity contribution in [3.63, 3.8) is 0 Å². The molecule has 0 aliphatic carbocycles. The van der Waals surface area contributed by atoms with Gasteiger partial charge in [0, 0.05) is 18.3 Å². The van der Waals surface area contributed by atoms with E-state index in [0.717, 1.165) is 31.2 Å². The topological polar surface area (TPSA) is 63.4 Å². The molecule has 2 rings (SSSR count). The molecular formula is C14H22N2O2S. The molecule has 1 aliphatic rings. The molecule has 0 spiro atoms. The highest BCUT2D eigenvalue weighted by Crippen LogP contribution is 2.28. The van der Waals surface area contributed by atoms with Gasteiger partial charge in [0.05, 0.1) is 4.90 Å². The Kier molecular flexibility index (Phi) is 4.16. The number of benzene rings is 1. The Morgan fingerprint density at radius 3 is 2.68 bits per heavy atom. The molecule has 1 aromatic rings. The van der Waals surface area contributed by atoms with Gasteiger partial charge < -0.3 is 5.73 Å². The fourth-order valence-electron chi connectivity index (χ4n) is 2.76. The maximum atomic E-state index is 12.7. The minimum atomic E-state index is -3.41. The van der Waals surface area contributed by atoms with Crippen molar-refractivity contribution < 1.29 is 8.42 Å². The lowest BCUT2D eigenvalue weighted by Crippen LogP contribution is -2.43. The number of hydrogen-bond donors (Lipinski definition) is 1. The lowest BCUT2D eigenvalue weighted by molar-refractivity contribution is 0.246. The fourth-order valence-corrected chi connectivity index (χ4v) is 4.67. The van der Waals surface area contributed by atoms with Crippen molar-refractivity contribution in [2.45, 2.75) is 50.5 Å². The van der Waals surface area contributed by atoms with Gasteiger partial charge in [-0.05, 0) is 49.9 Å². The van der Waals surface area contributed by atoms with Gasteiger partial charge in [0.2, 0.25) is 10.0 Å². The van der Waals surface area contributed by atoms with Gasteiger partial charge in [-0.2, -0.15) is 4.31 Å². The number of rotatable bonds is 3. The first-order valence-corrected chi connectivity index (χ1v) is 8.28. The zero-order chi connectivity index (χ0) is 14.0. The zero-order valence-electron chi connectivity index (χ0n) is 11.6. The maximum Gasteiger partial charge on any atom is 0.243 e. The molecule has 0 radical (unpaired) electrons. The van der Waals surface area contributed by atoms with Gasteiger partial charge in [-0.25, -0.2) is 8.42 Å². The van der Waals surface area contributed by atoms with Crippen molar-refractivity contribution in [2.24, 2.45) is 0 Å². The van der Waals surface area contributed by atoms with Gasteiger partial charge in [-0.1, -0.05) is 13.3 Å². The van der Waals surface area contributed by atoms with E-state index in [-0.39, 0.29) is 6.04 Å². The van der Waals surface area contributed by atoms with E-state index < -0.39 is 10.0 Å². The second kappa shape index (κ2) is 5.51. The molecular weight excluding hydrogens is 260 g/mol. The molecule has 19 heavy (non-hydrogen) atoms. The molecule has 2 N–H and O–H groups in total. The third-order valence-corrected chi connectivity index (χ3v) is 5.65. The number of nitrogens with zero attached hydrogens (tertiary/aromatic N) is 1. The van der Waals surface area contributed by atoms with Gasteiger partial charge in [-0.3, -0.25) is 0 Å². The van der Waals surface area contributed by atoms with E-state index in [9.17, 15) is 8.42 Å². The van der Waals surface area contributed by atoms with Gasteiger partial charge in [0.25, 0.3) is 0 Å². The van der Waals surface area contributed by atoms with E-state index in [2.05, 4.69) is 0 Å². The molecule has 0 bridgehead atoms. The summed E-state index contributed by atoms with van der Waals surface area (Å²) in [5, 5.41) is 0. The number of aryl methyl sites for hydroxylation is 1. The summed E-state index contributed by atoms with van der Waals surface area (Å²) in [5.74, 6) is 0. The highest BCUT2D eigenvalue weighted by molar-refractivity contribution is 7.89. The zero-order valence-corrected chi connectivity index (χ0v) is 12.4. The lowest BCUT2D eigenvalue weighted by atomic mass is 10.0. The summed E-state index contributed by atoms with van der Waals surface area (Å²) in [4.78, 5) is 0.324. The predicted octanol–water partition coefficient (Wildman–Crippen LogP) is 2.53. The van der Waals surface area contributed by atoms with Crippen LogP contribution in [-0.4, -0.2) is 25.3 Å². The molecule has 1 saturated heterocycles. The monoisotopic (exact) mass is 282 g/mol. The summed E-state index contributed by atoms with van der Waals surface area (Å²) in [6, 6.07) is 5.17. The van der Waals surface area contributed by atoms with Crippen molar-refractivity contribution >= 4 is 15.7 Å². The van der Waals surface area contributed by atoms with Gasteiger partial charge in [0.1, 0.15) is 0 Å². The molecule has 1 heterocycles. The molecule has 1 unspecified atom stereocenters. The Morgan fingerprint density at radius 1 is 1.32 bits per heavy atom. The third kappa shape index (κ3) is 2.92. The van der Waals surface area contributed by atoms with Crippen LogP contribution in [0.25, 0.3) is 0 Å². The molecule has 4 nitrogen and oxygen atoms in total. The van der Waals surface area contributed by atoms with E-state index in [4.69, 9.17) is 5.73 Å². The van der Waals surface area contributed by atoms with E-state index >= 15 is 0 Å². The molecule has 1 aliphatic heterocycles. The van der Waals surface area contributed by atoms with Crippen molar-refractivity contribution in [2.75, 3.05) is 12.3 Å². The van der Waals surface area contributed by atoms with E-state index in [1.54, 1.807) is 22.5 Å². The number of piperidine rings is 1. The van der Waals surface area contributed by atoms with Crippen LogP contribution in [0.15, 0.2) is 23.1 Å². The van der Waals surface area contributed by atoms with Gasteiger partial charge in [-0.15, -0.1) is 0 Å². The first-order valence-electron chi connectivity index (χ1n) is 6.84. The fraction of sp³-hybridized carbons (Fsp3) is 0.571. The van der Waals surface area contributed by atoms with E-state index in [0.29, 0.717) is 17.1 Å². The Bertz CT molecular complexity index is 534. The molecule has 0 aromatic heterocycles. The molecule has 0 saturated carbocycles. The number of hydrogen-bond acceptors (Lipinski definition) is 3. The summed E-state index contributed by atoms with van der Waals surface area (Å²) in [7, 11) is -3.41. The van der Waals surface area contributed by atoms with Crippen LogP contribution in [0.3, 0.4) is 0 Å². The molecule has 106 valence electrons. The molecule has 0 amide bonds. The molecule has 1 atom stereocenters. The van der Waals surface area contributed by atoms with Crippen LogP contribution >= 0.6 is 0 Å². The SMILES string of the molecule is CCC1CCCCN1S(=O)(=O)c1cc(C)cc(N)c1. The van der Waals surface area contributed by atoms with Crippen LogP contribution in [0.5, 0.6) is 0 Å². The van der Waals surface area contributed by atoms with Gasteiger partial charge >= 0.3 is 0 Å². The van der Waals surface area contributed by atoms with Gasteiger partial charge in [0.15, 0.2) is 0 Å². The summed E-state index contributed by atoms with van der Waals surface area (Å²) in [6.07, 6.45) is 3.87. The smallest absolute Gasteiger partial charge is 0.243 e. The predicted molar refractivity (Wildman–Crippen MR) is 77.4 cm³/mol. The quantitative estimate of drug-likeness (QED) is 0.866. The van der Waals surface area contributed by atoms with Crippen molar-refractivity contribution in [1.29, 1.82) is 0 Å². The second-order valence-corrected chi connectivity index (χ2v) is 7.14. The summed E-state index contributed by atoms with van der Waals surface area (Å²) in [5.41, 5.74) is 7.15. The number of nitrogen functional groups attached to an aromatic ring is 1. The van der Waals surface area contributed by atoms with Crippen LogP contribution in [0.1, 0.15) is 38.2 Å². The van der Waals surface area contributed by atoms with E-state index in [1.165, 1.54) is 0 Å². The standard InChI is InChI=1S/C14H22N2O2S/c1-3-13-6-4-5-7-16(13)19(17,18)14-9-11(2)8-12(15)10-14/h8-10,13H,3-7,15H2,1-2H3. The van der Waals surface area contributed by atoms with Crippen LogP contribution < -0.4 is 5.73 Å². The Hall–Kier alpha value is -1.07. The van der Waals surface area contributed by atoms with Crippen LogP contribution in [-0.2, 0) is 10.0 Å². The van der Waals surface area contributed by atoms with Crippen LogP contribution in [0.4, 0.5) is 5.69 Å². The largest absolute Gasteiger partial charge is 0.399 e. The number of anilines is 1. The van der Waals surface area contributed by atoms with Crippen LogP contribution in [0, 0.1) is 6.92 Å². The minimum absolute atomic E-state index is 0.125. The molecule has 5 heteroatoms. The molecule has 1 aromatic carbocycles. The van der Waals surface area contributed by atoms with E-state index in [1.807, 2.05) is 13.8 Å². The maximum absolute atomic E-state index is 12.7. The number of sulfonamides is 1. The third-order valence-electron chi connectivity index (χ3n) is 3.72. The van der Waals surface area contributed by atoms with Crippen LogP contribution in [0.2, 0.25) is 0 Å². The summed E-state index contributed by atoms with van der Waals surface area (Å²) in [6.45, 7) is 4.53. The van der Waals surface area contributed by atoms with Crippen molar-refractivity contribution in [1.82, 2.24) is 4.31 Å². The highest BCUT2D eigenvalue weighted by Gasteiger charge is 2.32. The van der Waals surface area contributed by atoms with Crippen molar-refractivity contribution in [3.05, 3.63) is 23.8 Å². The highest BCUT2D eigenvalue weighted by atomic mass is 32.2. The number of nitrogens with two attached hydrogens (primary N) is 1. The average molecular weight is 282 g/mol. The first kappa shape index (κ1) is 14.3. The summed E-state index contributed by atoms with van der Waals surface area (Å²) >= 11 is 0. The minimum Gasteiger partial charge on any atom is -0.399 e.